The molecule has 0 bridgehead atoms. The predicted octanol–water partition coefficient (Wildman–Crippen LogP) is 3.29. The number of aryl methyl sites for hydroxylation is 3. The summed E-state index contributed by atoms with van der Waals surface area (Å²) in [6.07, 6.45) is 2.36. The smallest absolute Gasteiger partial charge is 0.278 e. The maximum atomic E-state index is 12.6. The van der Waals surface area contributed by atoms with Crippen LogP contribution in [-0.4, -0.2) is 14.9 Å². The first-order valence-corrected chi connectivity index (χ1v) is 7.49. The Hall–Kier alpha value is -2.10. The molecule has 4 heteroatoms. The molecule has 0 saturated heterocycles. The standard InChI is InChI=1S/C17H22N2O2/c1-4-8-14-16(20)15(13-10-7-6-9-12(13)3)17(21)19(18-14)11-5-2/h6-7,9-10,20H,4-5,8,11H2,1-3H3. The van der Waals surface area contributed by atoms with Gasteiger partial charge in [0, 0.05) is 6.54 Å². The van der Waals surface area contributed by atoms with Crippen molar-refractivity contribution in [2.24, 2.45) is 0 Å². The number of rotatable bonds is 5. The van der Waals surface area contributed by atoms with Gasteiger partial charge in [0.25, 0.3) is 5.56 Å². The highest BCUT2D eigenvalue weighted by Gasteiger charge is 2.18. The molecule has 0 unspecified atom stereocenters. The van der Waals surface area contributed by atoms with Gasteiger partial charge < -0.3 is 5.11 Å². The van der Waals surface area contributed by atoms with Crippen LogP contribution in [-0.2, 0) is 13.0 Å². The van der Waals surface area contributed by atoms with Gasteiger partial charge in [-0.05, 0) is 30.9 Å². The summed E-state index contributed by atoms with van der Waals surface area (Å²) in [4.78, 5) is 12.6. The molecule has 0 amide bonds. The van der Waals surface area contributed by atoms with Crippen molar-refractivity contribution in [3.05, 3.63) is 45.9 Å². The first-order chi connectivity index (χ1) is 10.1. The quantitative estimate of drug-likeness (QED) is 0.917. The molecule has 1 heterocycles. The molecule has 0 saturated carbocycles. The van der Waals surface area contributed by atoms with Gasteiger partial charge in [0.2, 0.25) is 0 Å². The number of aromatic hydroxyl groups is 1. The van der Waals surface area contributed by atoms with Crippen LogP contribution >= 0.6 is 0 Å². The minimum Gasteiger partial charge on any atom is -0.505 e. The van der Waals surface area contributed by atoms with Crippen molar-refractivity contribution >= 4 is 0 Å². The monoisotopic (exact) mass is 286 g/mol. The molecule has 0 aliphatic heterocycles. The van der Waals surface area contributed by atoms with Gasteiger partial charge in [-0.15, -0.1) is 0 Å². The van der Waals surface area contributed by atoms with Crippen molar-refractivity contribution < 1.29 is 5.11 Å². The van der Waals surface area contributed by atoms with E-state index in [1.807, 2.05) is 45.0 Å². The number of benzene rings is 1. The average molecular weight is 286 g/mol. The molecule has 4 nitrogen and oxygen atoms in total. The minimum absolute atomic E-state index is 0.0310. The van der Waals surface area contributed by atoms with E-state index in [4.69, 9.17) is 0 Å². The van der Waals surface area contributed by atoms with Crippen LogP contribution in [0.5, 0.6) is 5.75 Å². The third-order valence-electron chi connectivity index (χ3n) is 3.54. The van der Waals surface area contributed by atoms with E-state index in [9.17, 15) is 9.90 Å². The van der Waals surface area contributed by atoms with Gasteiger partial charge in [0.05, 0.1) is 5.56 Å². The zero-order chi connectivity index (χ0) is 15.4. The van der Waals surface area contributed by atoms with Crippen LogP contribution in [0.4, 0.5) is 0 Å². The molecular formula is C17H22N2O2. The van der Waals surface area contributed by atoms with Crippen LogP contribution in [0.2, 0.25) is 0 Å². The summed E-state index contributed by atoms with van der Waals surface area (Å²) in [5.74, 6) is 0.0310. The molecule has 0 atom stereocenters. The lowest BCUT2D eigenvalue weighted by atomic mass is 10.00. The number of hydrogen-bond donors (Lipinski definition) is 1. The van der Waals surface area contributed by atoms with Gasteiger partial charge in [-0.3, -0.25) is 4.79 Å². The van der Waals surface area contributed by atoms with E-state index in [0.29, 0.717) is 24.2 Å². The first kappa shape index (κ1) is 15.3. The fraction of sp³-hybridized carbons (Fsp3) is 0.412. The van der Waals surface area contributed by atoms with Gasteiger partial charge >= 0.3 is 0 Å². The van der Waals surface area contributed by atoms with Gasteiger partial charge in [-0.2, -0.15) is 5.10 Å². The third-order valence-corrected chi connectivity index (χ3v) is 3.54. The topological polar surface area (TPSA) is 55.1 Å². The predicted molar refractivity (Wildman–Crippen MR) is 84.6 cm³/mol. The number of hydrogen-bond acceptors (Lipinski definition) is 3. The molecule has 112 valence electrons. The summed E-state index contributed by atoms with van der Waals surface area (Å²) in [6.45, 7) is 6.55. The lowest BCUT2D eigenvalue weighted by Crippen LogP contribution is -2.26. The molecule has 0 aliphatic rings. The Kier molecular flexibility index (Phi) is 4.78. The maximum absolute atomic E-state index is 12.6. The fourth-order valence-corrected chi connectivity index (χ4v) is 2.48. The van der Waals surface area contributed by atoms with Gasteiger partial charge in [0.1, 0.15) is 5.69 Å². The van der Waals surface area contributed by atoms with E-state index in [1.165, 1.54) is 4.68 Å². The zero-order valence-electron chi connectivity index (χ0n) is 12.9. The van der Waals surface area contributed by atoms with Crippen molar-refractivity contribution in [2.75, 3.05) is 0 Å². The normalized spacial score (nSPS) is 10.8. The highest BCUT2D eigenvalue weighted by atomic mass is 16.3. The van der Waals surface area contributed by atoms with Crippen molar-refractivity contribution in [2.45, 2.75) is 46.6 Å². The van der Waals surface area contributed by atoms with E-state index in [2.05, 4.69) is 5.10 Å². The molecule has 2 aromatic rings. The molecule has 1 aromatic heterocycles. The molecule has 0 fully saturated rings. The van der Waals surface area contributed by atoms with Gasteiger partial charge in [-0.25, -0.2) is 4.68 Å². The highest BCUT2D eigenvalue weighted by Crippen LogP contribution is 2.30. The van der Waals surface area contributed by atoms with Crippen molar-refractivity contribution in [1.82, 2.24) is 9.78 Å². The Bertz CT molecular complexity index is 690. The molecule has 21 heavy (non-hydrogen) atoms. The molecule has 0 spiro atoms. The summed E-state index contributed by atoms with van der Waals surface area (Å²) in [7, 11) is 0. The molecular weight excluding hydrogens is 264 g/mol. The van der Waals surface area contributed by atoms with Crippen molar-refractivity contribution in [1.29, 1.82) is 0 Å². The molecule has 0 aliphatic carbocycles. The SMILES string of the molecule is CCCc1nn(CCC)c(=O)c(-c2ccccc2C)c1O. The lowest BCUT2D eigenvalue weighted by Gasteiger charge is -2.14. The van der Waals surface area contributed by atoms with Crippen LogP contribution < -0.4 is 5.56 Å². The third kappa shape index (κ3) is 2.99. The van der Waals surface area contributed by atoms with E-state index >= 15 is 0 Å². The summed E-state index contributed by atoms with van der Waals surface area (Å²) in [5.41, 5.74) is 2.51. The van der Waals surface area contributed by atoms with Crippen LogP contribution in [0, 0.1) is 6.92 Å². The van der Waals surface area contributed by atoms with E-state index in [0.717, 1.165) is 24.0 Å². The number of nitrogens with zero attached hydrogens (tertiary/aromatic N) is 2. The maximum Gasteiger partial charge on any atom is 0.278 e. The Morgan fingerprint density at radius 2 is 1.90 bits per heavy atom. The second kappa shape index (κ2) is 6.57. The minimum atomic E-state index is -0.219. The van der Waals surface area contributed by atoms with Crippen LogP contribution in [0.15, 0.2) is 29.1 Å². The Balaban J connectivity index is 2.74. The Morgan fingerprint density at radius 3 is 2.52 bits per heavy atom. The van der Waals surface area contributed by atoms with E-state index in [1.54, 1.807) is 0 Å². The fourth-order valence-electron chi connectivity index (χ4n) is 2.48. The van der Waals surface area contributed by atoms with Gasteiger partial charge in [-0.1, -0.05) is 44.5 Å². The second-order valence-electron chi connectivity index (χ2n) is 5.26. The molecule has 1 N–H and O–H groups in total. The molecule has 2 rings (SSSR count). The summed E-state index contributed by atoms with van der Waals surface area (Å²) in [5, 5.41) is 14.8. The highest BCUT2D eigenvalue weighted by molar-refractivity contribution is 5.72. The van der Waals surface area contributed by atoms with Gasteiger partial charge in [0.15, 0.2) is 5.75 Å². The number of aromatic nitrogens is 2. The van der Waals surface area contributed by atoms with Crippen LogP contribution in [0.3, 0.4) is 0 Å². The molecule has 0 radical (unpaired) electrons. The summed E-state index contributed by atoms with van der Waals surface area (Å²) in [6, 6.07) is 7.62. The molecule has 1 aromatic carbocycles. The van der Waals surface area contributed by atoms with E-state index < -0.39 is 0 Å². The van der Waals surface area contributed by atoms with Crippen LogP contribution in [0.1, 0.15) is 37.9 Å². The largest absolute Gasteiger partial charge is 0.505 e. The van der Waals surface area contributed by atoms with E-state index in [-0.39, 0.29) is 11.3 Å². The van der Waals surface area contributed by atoms with Crippen molar-refractivity contribution in [3.63, 3.8) is 0 Å². The first-order valence-electron chi connectivity index (χ1n) is 7.49. The van der Waals surface area contributed by atoms with Crippen LogP contribution in [0.25, 0.3) is 11.1 Å². The lowest BCUT2D eigenvalue weighted by molar-refractivity contribution is 0.447. The second-order valence-corrected chi connectivity index (χ2v) is 5.26. The Morgan fingerprint density at radius 1 is 1.19 bits per heavy atom. The Labute approximate surface area is 125 Å². The summed E-state index contributed by atoms with van der Waals surface area (Å²) >= 11 is 0. The average Bonchev–Trinajstić information content (AvgIpc) is 2.46. The zero-order valence-corrected chi connectivity index (χ0v) is 12.9. The summed E-state index contributed by atoms with van der Waals surface area (Å²) < 4.78 is 1.48. The van der Waals surface area contributed by atoms with Crippen molar-refractivity contribution in [3.8, 4) is 16.9 Å².